The van der Waals surface area contributed by atoms with Crippen molar-refractivity contribution in [2.75, 3.05) is 19.6 Å². The molecule has 2 atom stereocenters. The Morgan fingerprint density at radius 2 is 2.14 bits per heavy atom. The molecule has 2 unspecified atom stereocenters. The molecular weight excluding hydrogens is 331 g/mol. The predicted molar refractivity (Wildman–Crippen MR) is 90.0 cm³/mol. The SMILES string of the molecule is CC(C)NCC1CCCN(C(C)c2ccc(F)c(Br)c2)C1. The monoisotopic (exact) mass is 356 g/mol. The molecule has 4 heteroatoms. The first-order valence-electron chi connectivity index (χ1n) is 7.89. The maximum Gasteiger partial charge on any atom is 0.137 e. The lowest BCUT2D eigenvalue weighted by atomic mass is 9.95. The van der Waals surface area contributed by atoms with Crippen LogP contribution in [-0.2, 0) is 0 Å². The highest BCUT2D eigenvalue weighted by molar-refractivity contribution is 9.10. The Labute approximate surface area is 136 Å². The van der Waals surface area contributed by atoms with Crippen molar-refractivity contribution >= 4 is 15.9 Å². The molecule has 0 spiro atoms. The van der Waals surface area contributed by atoms with Crippen molar-refractivity contribution in [3.8, 4) is 0 Å². The van der Waals surface area contributed by atoms with Gasteiger partial charge in [-0.1, -0.05) is 19.9 Å². The molecule has 0 aliphatic carbocycles. The van der Waals surface area contributed by atoms with Crippen LogP contribution in [0.25, 0.3) is 0 Å². The normalized spacial score (nSPS) is 21.7. The molecule has 1 fully saturated rings. The first kappa shape index (κ1) is 16.9. The smallest absolute Gasteiger partial charge is 0.137 e. The molecule has 0 amide bonds. The van der Waals surface area contributed by atoms with Gasteiger partial charge in [0.2, 0.25) is 0 Å². The second-order valence-corrected chi connectivity index (χ2v) is 7.27. The standard InChI is InChI=1S/C17H26BrFN2/c1-12(2)20-10-14-5-4-8-21(11-14)13(3)15-6-7-17(19)16(18)9-15/h6-7,9,12-14,20H,4-5,8,10-11H2,1-3H3. The fourth-order valence-electron chi connectivity index (χ4n) is 3.00. The lowest BCUT2D eigenvalue weighted by Gasteiger charge is -2.37. The lowest BCUT2D eigenvalue weighted by molar-refractivity contribution is 0.129. The number of benzene rings is 1. The Hall–Kier alpha value is -0.450. The number of rotatable bonds is 5. The van der Waals surface area contributed by atoms with E-state index in [4.69, 9.17) is 0 Å². The molecule has 1 aromatic carbocycles. The summed E-state index contributed by atoms with van der Waals surface area (Å²) in [4.78, 5) is 2.52. The maximum atomic E-state index is 13.4. The maximum absolute atomic E-state index is 13.4. The molecule has 0 radical (unpaired) electrons. The van der Waals surface area contributed by atoms with E-state index in [0.29, 0.717) is 22.5 Å². The van der Waals surface area contributed by atoms with Crippen LogP contribution in [0.15, 0.2) is 22.7 Å². The van der Waals surface area contributed by atoms with Gasteiger partial charge in [0.1, 0.15) is 5.82 Å². The fraction of sp³-hybridized carbons (Fsp3) is 0.647. The van der Waals surface area contributed by atoms with Gasteiger partial charge in [0.05, 0.1) is 4.47 Å². The van der Waals surface area contributed by atoms with Gasteiger partial charge in [0.25, 0.3) is 0 Å². The third-order valence-electron chi connectivity index (χ3n) is 4.34. The second-order valence-electron chi connectivity index (χ2n) is 6.42. The summed E-state index contributed by atoms with van der Waals surface area (Å²) >= 11 is 3.29. The molecule has 118 valence electrons. The number of likely N-dealkylation sites (tertiary alicyclic amines) is 1. The van der Waals surface area contributed by atoms with Gasteiger partial charge in [-0.2, -0.15) is 0 Å². The first-order valence-corrected chi connectivity index (χ1v) is 8.69. The van der Waals surface area contributed by atoms with Gasteiger partial charge in [0, 0.05) is 18.6 Å². The highest BCUT2D eigenvalue weighted by Gasteiger charge is 2.24. The van der Waals surface area contributed by atoms with Crippen LogP contribution in [0, 0.1) is 11.7 Å². The Bertz CT molecular complexity index is 464. The van der Waals surface area contributed by atoms with Crippen LogP contribution in [0.4, 0.5) is 4.39 Å². The van der Waals surface area contributed by atoms with Gasteiger partial charge in [-0.15, -0.1) is 0 Å². The number of hydrogen-bond donors (Lipinski definition) is 1. The minimum absolute atomic E-state index is 0.191. The van der Waals surface area contributed by atoms with Crippen LogP contribution in [0.2, 0.25) is 0 Å². The molecule has 1 N–H and O–H groups in total. The van der Waals surface area contributed by atoms with E-state index in [9.17, 15) is 4.39 Å². The van der Waals surface area contributed by atoms with E-state index in [1.807, 2.05) is 12.1 Å². The van der Waals surface area contributed by atoms with Crippen molar-refractivity contribution in [3.05, 3.63) is 34.1 Å². The zero-order valence-corrected chi connectivity index (χ0v) is 14.8. The third kappa shape index (κ3) is 4.76. The molecule has 0 bridgehead atoms. The van der Waals surface area contributed by atoms with Crippen LogP contribution in [0.1, 0.15) is 45.2 Å². The summed E-state index contributed by atoms with van der Waals surface area (Å²) in [5.41, 5.74) is 1.18. The minimum atomic E-state index is -0.191. The molecular formula is C17H26BrFN2. The zero-order chi connectivity index (χ0) is 15.4. The largest absolute Gasteiger partial charge is 0.314 e. The van der Waals surface area contributed by atoms with Crippen LogP contribution in [0.3, 0.4) is 0 Å². The van der Waals surface area contributed by atoms with Crippen LogP contribution in [-0.4, -0.2) is 30.6 Å². The van der Waals surface area contributed by atoms with Gasteiger partial charge in [-0.3, -0.25) is 4.90 Å². The summed E-state index contributed by atoms with van der Waals surface area (Å²) in [7, 11) is 0. The Morgan fingerprint density at radius 1 is 1.38 bits per heavy atom. The van der Waals surface area contributed by atoms with E-state index in [1.54, 1.807) is 6.07 Å². The molecule has 1 aliphatic rings. The van der Waals surface area contributed by atoms with Crippen LogP contribution < -0.4 is 5.32 Å². The fourth-order valence-corrected chi connectivity index (χ4v) is 3.40. The van der Waals surface area contributed by atoms with Gasteiger partial charge >= 0.3 is 0 Å². The van der Waals surface area contributed by atoms with Crippen molar-refractivity contribution in [3.63, 3.8) is 0 Å². The molecule has 1 heterocycles. The number of nitrogens with zero attached hydrogens (tertiary/aromatic N) is 1. The van der Waals surface area contributed by atoms with Gasteiger partial charge < -0.3 is 5.32 Å². The predicted octanol–water partition coefficient (Wildman–Crippen LogP) is 4.36. The Kier molecular flexibility index (Phi) is 6.20. The quantitative estimate of drug-likeness (QED) is 0.842. The average molecular weight is 357 g/mol. The van der Waals surface area contributed by atoms with Crippen molar-refractivity contribution < 1.29 is 4.39 Å². The van der Waals surface area contributed by atoms with E-state index >= 15 is 0 Å². The lowest BCUT2D eigenvalue weighted by Crippen LogP contribution is -2.42. The van der Waals surface area contributed by atoms with E-state index in [-0.39, 0.29) is 5.82 Å². The average Bonchev–Trinajstić information content (AvgIpc) is 2.47. The molecule has 1 aromatic rings. The summed E-state index contributed by atoms with van der Waals surface area (Å²) in [6.45, 7) is 9.95. The van der Waals surface area contributed by atoms with Gasteiger partial charge in [-0.25, -0.2) is 4.39 Å². The van der Waals surface area contributed by atoms with Crippen molar-refractivity contribution in [1.82, 2.24) is 10.2 Å². The number of hydrogen-bond acceptors (Lipinski definition) is 2. The van der Waals surface area contributed by atoms with E-state index < -0.39 is 0 Å². The van der Waals surface area contributed by atoms with E-state index in [1.165, 1.54) is 18.4 Å². The summed E-state index contributed by atoms with van der Waals surface area (Å²) in [6.07, 6.45) is 2.55. The third-order valence-corrected chi connectivity index (χ3v) is 4.95. The summed E-state index contributed by atoms with van der Waals surface area (Å²) in [5.74, 6) is 0.524. The minimum Gasteiger partial charge on any atom is -0.314 e. The number of halogens is 2. The summed E-state index contributed by atoms with van der Waals surface area (Å²) in [5, 5.41) is 3.55. The molecule has 2 nitrogen and oxygen atoms in total. The molecule has 21 heavy (non-hydrogen) atoms. The number of piperidine rings is 1. The highest BCUT2D eigenvalue weighted by atomic mass is 79.9. The Balaban J connectivity index is 1.97. The molecule has 1 saturated heterocycles. The highest BCUT2D eigenvalue weighted by Crippen LogP contribution is 2.28. The van der Waals surface area contributed by atoms with Gasteiger partial charge in [-0.05, 0) is 72.4 Å². The van der Waals surface area contributed by atoms with Crippen LogP contribution in [0.5, 0.6) is 0 Å². The zero-order valence-electron chi connectivity index (χ0n) is 13.2. The van der Waals surface area contributed by atoms with Crippen molar-refractivity contribution in [1.29, 1.82) is 0 Å². The molecule has 0 saturated carbocycles. The summed E-state index contributed by atoms with van der Waals surface area (Å²) < 4.78 is 13.9. The molecule has 0 aromatic heterocycles. The number of nitrogens with one attached hydrogen (secondary N) is 1. The summed E-state index contributed by atoms with van der Waals surface area (Å²) in [6, 6.07) is 6.25. The first-order chi connectivity index (χ1) is 9.97. The second kappa shape index (κ2) is 7.70. The van der Waals surface area contributed by atoms with Gasteiger partial charge in [0.15, 0.2) is 0 Å². The van der Waals surface area contributed by atoms with Crippen LogP contribution >= 0.6 is 15.9 Å². The Morgan fingerprint density at radius 3 is 2.81 bits per heavy atom. The van der Waals surface area contributed by atoms with E-state index in [0.717, 1.165) is 19.6 Å². The topological polar surface area (TPSA) is 15.3 Å². The van der Waals surface area contributed by atoms with Crippen molar-refractivity contribution in [2.24, 2.45) is 5.92 Å². The molecule has 1 aliphatic heterocycles. The van der Waals surface area contributed by atoms with Crippen molar-refractivity contribution in [2.45, 2.75) is 45.7 Å². The molecule has 2 rings (SSSR count). The van der Waals surface area contributed by atoms with E-state index in [2.05, 4.69) is 46.9 Å².